The smallest absolute Gasteiger partial charge is 0.253 e. The second-order valence-corrected chi connectivity index (χ2v) is 6.97. The Morgan fingerprint density at radius 1 is 1.33 bits per heavy atom. The van der Waals surface area contributed by atoms with E-state index in [-0.39, 0.29) is 17.5 Å². The van der Waals surface area contributed by atoms with Crippen molar-refractivity contribution in [2.75, 3.05) is 31.2 Å². The molecule has 3 rings (SSSR count). The lowest BCUT2D eigenvalue weighted by molar-refractivity contribution is 0.0938. The van der Waals surface area contributed by atoms with E-state index in [0.717, 1.165) is 25.2 Å². The number of anilines is 1. The number of ether oxygens (including phenoxy) is 1. The molecule has 1 N–H and O–H groups in total. The van der Waals surface area contributed by atoms with Crippen LogP contribution in [0.2, 0.25) is 5.02 Å². The number of carbonyl (C=O) groups is 1. The standard InChI is InChI=1S/C20H24ClN3O3/c1-2-27-11-10-24-13-15(6-7-19(24)25)20(26)22-17-8-9-23(14-17)18-5-3-4-16(21)12-18/h3-7,12-13,17H,2,8-11,14H2,1H3,(H,22,26)/t17-/m1/s1. The Bertz CT molecular complexity index is 852. The molecule has 0 aliphatic carbocycles. The topological polar surface area (TPSA) is 63.6 Å². The fourth-order valence-corrected chi connectivity index (χ4v) is 3.39. The van der Waals surface area contributed by atoms with E-state index in [1.807, 2.05) is 31.2 Å². The molecule has 0 radical (unpaired) electrons. The monoisotopic (exact) mass is 389 g/mol. The minimum atomic E-state index is -0.168. The predicted molar refractivity (Wildman–Crippen MR) is 107 cm³/mol. The zero-order valence-electron chi connectivity index (χ0n) is 15.4. The summed E-state index contributed by atoms with van der Waals surface area (Å²) in [6, 6.07) is 10.8. The summed E-state index contributed by atoms with van der Waals surface area (Å²) >= 11 is 6.06. The molecule has 1 saturated heterocycles. The minimum Gasteiger partial charge on any atom is -0.380 e. The van der Waals surface area contributed by atoms with Gasteiger partial charge in [0.25, 0.3) is 11.5 Å². The van der Waals surface area contributed by atoms with Gasteiger partial charge in [-0.05, 0) is 37.6 Å². The number of hydrogen-bond donors (Lipinski definition) is 1. The number of rotatable bonds is 7. The maximum absolute atomic E-state index is 12.6. The van der Waals surface area contributed by atoms with Crippen molar-refractivity contribution in [2.45, 2.75) is 25.9 Å². The highest BCUT2D eigenvalue weighted by molar-refractivity contribution is 6.30. The molecular weight excluding hydrogens is 366 g/mol. The lowest BCUT2D eigenvalue weighted by Crippen LogP contribution is -2.37. The first-order chi connectivity index (χ1) is 13.1. The molecule has 1 atom stereocenters. The van der Waals surface area contributed by atoms with Gasteiger partial charge in [0, 0.05) is 55.3 Å². The summed E-state index contributed by atoms with van der Waals surface area (Å²) < 4.78 is 6.80. The highest BCUT2D eigenvalue weighted by Crippen LogP contribution is 2.23. The number of nitrogens with zero attached hydrogens (tertiary/aromatic N) is 2. The van der Waals surface area contributed by atoms with Crippen molar-refractivity contribution in [2.24, 2.45) is 0 Å². The summed E-state index contributed by atoms with van der Waals surface area (Å²) in [5.41, 5.74) is 1.40. The SMILES string of the molecule is CCOCCn1cc(C(=O)N[C@@H]2CCN(c3cccc(Cl)c3)C2)ccc1=O. The van der Waals surface area contributed by atoms with Gasteiger partial charge in [0.15, 0.2) is 0 Å². The van der Waals surface area contributed by atoms with Gasteiger partial charge < -0.3 is 19.5 Å². The Morgan fingerprint density at radius 2 is 2.19 bits per heavy atom. The van der Waals surface area contributed by atoms with Crippen molar-refractivity contribution >= 4 is 23.2 Å². The van der Waals surface area contributed by atoms with Crippen LogP contribution >= 0.6 is 11.6 Å². The van der Waals surface area contributed by atoms with Crippen molar-refractivity contribution in [1.82, 2.24) is 9.88 Å². The Kier molecular flexibility index (Phi) is 6.53. The van der Waals surface area contributed by atoms with Crippen LogP contribution < -0.4 is 15.8 Å². The van der Waals surface area contributed by atoms with Crippen molar-refractivity contribution in [1.29, 1.82) is 0 Å². The Morgan fingerprint density at radius 3 is 2.96 bits per heavy atom. The van der Waals surface area contributed by atoms with Crippen LogP contribution in [-0.2, 0) is 11.3 Å². The van der Waals surface area contributed by atoms with E-state index < -0.39 is 0 Å². The Labute approximate surface area is 163 Å². The van der Waals surface area contributed by atoms with Crippen molar-refractivity contribution < 1.29 is 9.53 Å². The molecule has 1 amide bonds. The maximum Gasteiger partial charge on any atom is 0.253 e. The summed E-state index contributed by atoms with van der Waals surface area (Å²) in [6.45, 7) is 4.97. The first-order valence-electron chi connectivity index (χ1n) is 9.16. The summed E-state index contributed by atoms with van der Waals surface area (Å²) in [6.07, 6.45) is 2.46. The third kappa shape index (κ3) is 5.11. The highest BCUT2D eigenvalue weighted by Gasteiger charge is 2.24. The van der Waals surface area contributed by atoms with Crippen LogP contribution in [0.25, 0.3) is 0 Å². The van der Waals surface area contributed by atoms with Gasteiger partial charge >= 0.3 is 0 Å². The van der Waals surface area contributed by atoms with Crippen molar-refractivity contribution in [3.63, 3.8) is 0 Å². The van der Waals surface area contributed by atoms with Gasteiger partial charge in [0.2, 0.25) is 0 Å². The van der Waals surface area contributed by atoms with E-state index in [1.165, 1.54) is 10.6 Å². The molecule has 0 unspecified atom stereocenters. The molecule has 2 heterocycles. The molecule has 7 heteroatoms. The van der Waals surface area contributed by atoms with Crippen LogP contribution in [0.15, 0.2) is 47.4 Å². The molecule has 1 fully saturated rings. The quantitative estimate of drug-likeness (QED) is 0.739. The number of aromatic nitrogens is 1. The lowest BCUT2D eigenvalue weighted by atomic mass is 10.2. The van der Waals surface area contributed by atoms with Crippen LogP contribution in [0.1, 0.15) is 23.7 Å². The van der Waals surface area contributed by atoms with Crippen molar-refractivity contribution in [3.8, 4) is 0 Å². The van der Waals surface area contributed by atoms with E-state index >= 15 is 0 Å². The number of halogens is 1. The number of benzene rings is 1. The van der Waals surface area contributed by atoms with Gasteiger partial charge in [-0.1, -0.05) is 17.7 Å². The third-order valence-electron chi connectivity index (χ3n) is 4.62. The second kappa shape index (κ2) is 9.06. The molecule has 0 bridgehead atoms. The first kappa shape index (κ1) is 19.5. The average Bonchev–Trinajstić information content (AvgIpc) is 3.12. The number of hydrogen-bond acceptors (Lipinski definition) is 4. The number of amides is 1. The molecule has 1 aromatic heterocycles. The first-order valence-corrected chi connectivity index (χ1v) is 9.54. The Hall–Kier alpha value is -2.31. The average molecular weight is 390 g/mol. The number of pyridine rings is 1. The number of carbonyl (C=O) groups excluding carboxylic acids is 1. The third-order valence-corrected chi connectivity index (χ3v) is 4.86. The largest absolute Gasteiger partial charge is 0.380 e. The molecule has 6 nitrogen and oxygen atoms in total. The molecule has 0 spiro atoms. The van der Waals surface area contributed by atoms with Crippen molar-refractivity contribution in [3.05, 3.63) is 63.5 Å². The maximum atomic E-state index is 12.6. The van der Waals surface area contributed by atoms with Gasteiger partial charge in [-0.3, -0.25) is 9.59 Å². The van der Waals surface area contributed by atoms with E-state index in [2.05, 4.69) is 10.2 Å². The summed E-state index contributed by atoms with van der Waals surface area (Å²) in [7, 11) is 0. The van der Waals surface area contributed by atoms with Crippen LogP contribution in [0, 0.1) is 0 Å². The normalized spacial score (nSPS) is 16.5. The van der Waals surface area contributed by atoms with Crippen LogP contribution in [-0.4, -0.2) is 42.8 Å². The molecule has 27 heavy (non-hydrogen) atoms. The summed E-state index contributed by atoms with van der Waals surface area (Å²) in [5, 5.41) is 3.77. The molecule has 1 aromatic carbocycles. The van der Waals surface area contributed by atoms with Crippen LogP contribution in [0.4, 0.5) is 5.69 Å². The Balaban J connectivity index is 1.61. The molecule has 1 aliphatic heterocycles. The zero-order chi connectivity index (χ0) is 19.2. The molecule has 0 saturated carbocycles. The summed E-state index contributed by atoms with van der Waals surface area (Å²) in [5.74, 6) is -0.168. The second-order valence-electron chi connectivity index (χ2n) is 6.53. The predicted octanol–water partition coefficient (Wildman–Crippen LogP) is 2.55. The van der Waals surface area contributed by atoms with Gasteiger partial charge in [-0.2, -0.15) is 0 Å². The van der Waals surface area contributed by atoms with E-state index in [4.69, 9.17) is 16.3 Å². The van der Waals surface area contributed by atoms with E-state index in [0.29, 0.717) is 30.3 Å². The zero-order valence-corrected chi connectivity index (χ0v) is 16.1. The van der Waals surface area contributed by atoms with Gasteiger partial charge in [-0.25, -0.2) is 0 Å². The number of nitrogens with one attached hydrogen (secondary N) is 1. The highest BCUT2D eigenvalue weighted by atomic mass is 35.5. The van der Waals surface area contributed by atoms with E-state index in [1.54, 1.807) is 12.3 Å². The lowest BCUT2D eigenvalue weighted by Gasteiger charge is -2.19. The molecule has 1 aliphatic rings. The molecular formula is C20H24ClN3O3. The summed E-state index contributed by atoms with van der Waals surface area (Å²) in [4.78, 5) is 26.7. The van der Waals surface area contributed by atoms with Gasteiger partial charge in [-0.15, -0.1) is 0 Å². The fraction of sp³-hybridized carbons (Fsp3) is 0.400. The van der Waals surface area contributed by atoms with E-state index in [9.17, 15) is 9.59 Å². The van der Waals surface area contributed by atoms with Gasteiger partial charge in [0.1, 0.15) is 0 Å². The minimum absolute atomic E-state index is 0.0558. The van der Waals surface area contributed by atoms with Crippen LogP contribution in [0.3, 0.4) is 0 Å². The van der Waals surface area contributed by atoms with Crippen LogP contribution in [0.5, 0.6) is 0 Å². The fourth-order valence-electron chi connectivity index (χ4n) is 3.20. The molecule has 2 aromatic rings. The van der Waals surface area contributed by atoms with Gasteiger partial charge in [0.05, 0.1) is 12.2 Å². The molecule has 144 valence electrons.